The fraction of sp³-hybridized carbons (Fsp3) is 0.333. The average molecular weight is 377 g/mol. The zero-order chi connectivity index (χ0) is 17.8. The van der Waals surface area contributed by atoms with Gasteiger partial charge in [-0.2, -0.15) is 0 Å². The summed E-state index contributed by atoms with van der Waals surface area (Å²) in [5, 5.41) is 16.8. The Hall–Kier alpha value is -2.12. The monoisotopic (exact) mass is 376 g/mol. The van der Waals surface area contributed by atoms with Crippen LogP contribution in [0.1, 0.15) is 40.6 Å². The number of aromatic hydroxyl groups is 1. The standard InChI is InChI=1S/C18H20N2O3S2/c1-2-23-17(22)15-13-8-3-4-9-14(13)25-16(15)20-18(24)19-11-6-5-7-12(21)10-11/h5-7,10,21H,2-4,8-9H2,1H3,(H2,19,20,24). The average Bonchev–Trinajstić information content (AvgIpc) is 2.92. The van der Waals surface area contributed by atoms with E-state index in [-0.39, 0.29) is 11.7 Å². The number of hydrogen-bond donors (Lipinski definition) is 3. The lowest BCUT2D eigenvalue weighted by Gasteiger charge is -2.13. The van der Waals surface area contributed by atoms with Crippen LogP contribution in [-0.2, 0) is 17.6 Å². The van der Waals surface area contributed by atoms with E-state index in [0.717, 1.165) is 36.2 Å². The van der Waals surface area contributed by atoms with Gasteiger partial charge in [0.25, 0.3) is 0 Å². The lowest BCUT2D eigenvalue weighted by atomic mass is 9.95. The number of carbonyl (C=O) groups excluding carboxylic acids is 1. The molecule has 1 aliphatic rings. The van der Waals surface area contributed by atoms with Crippen molar-refractivity contribution in [1.29, 1.82) is 0 Å². The minimum absolute atomic E-state index is 0.159. The molecule has 0 aliphatic heterocycles. The molecule has 0 saturated carbocycles. The molecule has 0 saturated heterocycles. The molecule has 0 radical (unpaired) electrons. The van der Waals surface area contributed by atoms with Gasteiger partial charge in [0, 0.05) is 16.6 Å². The third-order valence-electron chi connectivity index (χ3n) is 3.98. The Balaban J connectivity index is 1.82. The first-order chi connectivity index (χ1) is 12.1. The van der Waals surface area contributed by atoms with Gasteiger partial charge in [-0.05, 0) is 62.5 Å². The first-order valence-electron chi connectivity index (χ1n) is 8.27. The number of phenolic OH excluding ortho intramolecular Hbond substituents is 1. The van der Waals surface area contributed by atoms with Crippen molar-refractivity contribution in [2.45, 2.75) is 32.6 Å². The third kappa shape index (κ3) is 4.11. The minimum Gasteiger partial charge on any atom is -0.508 e. The molecule has 0 fully saturated rings. The predicted molar refractivity (Wildman–Crippen MR) is 105 cm³/mol. The van der Waals surface area contributed by atoms with Crippen molar-refractivity contribution in [1.82, 2.24) is 0 Å². The maximum atomic E-state index is 12.4. The van der Waals surface area contributed by atoms with Gasteiger partial charge < -0.3 is 20.5 Å². The van der Waals surface area contributed by atoms with Crippen LogP contribution in [0, 0.1) is 0 Å². The number of rotatable bonds is 4. The van der Waals surface area contributed by atoms with Gasteiger partial charge in [-0.25, -0.2) is 4.79 Å². The van der Waals surface area contributed by atoms with Crippen molar-refractivity contribution in [3.05, 3.63) is 40.3 Å². The highest BCUT2D eigenvalue weighted by Gasteiger charge is 2.26. The maximum Gasteiger partial charge on any atom is 0.341 e. The fourth-order valence-electron chi connectivity index (χ4n) is 2.92. The van der Waals surface area contributed by atoms with Crippen LogP contribution in [0.25, 0.3) is 0 Å². The van der Waals surface area contributed by atoms with Crippen molar-refractivity contribution < 1.29 is 14.6 Å². The molecule has 25 heavy (non-hydrogen) atoms. The summed E-state index contributed by atoms with van der Waals surface area (Å²) in [6.07, 6.45) is 4.11. The number of phenols is 1. The van der Waals surface area contributed by atoms with Gasteiger partial charge in [-0.15, -0.1) is 11.3 Å². The lowest BCUT2D eigenvalue weighted by molar-refractivity contribution is 0.0526. The van der Waals surface area contributed by atoms with Crippen molar-refractivity contribution in [3.8, 4) is 5.75 Å². The Bertz CT molecular complexity index is 802. The second kappa shape index (κ2) is 7.84. The quantitative estimate of drug-likeness (QED) is 0.545. The summed E-state index contributed by atoms with van der Waals surface area (Å²) < 4.78 is 5.24. The van der Waals surface area contributed by atoms with Gasteiger partial charge in [-0.3, -0.25) is 0 Å². The summed E-state index contributed by atoms with van der Waals surface area (Å²) in [5.41, 5.74) is 2.38. The van der Waals surface area contributed by atoms with Gasteiger partial charge in [0.15, 0.2) is 5.11 Å². The van der Waals surface area contributed by atoms with Crippen LogP contribution in [0.5, 0.6) is 5.75 Å². The molecule has 0 unspecified atom stereocenters. The summed E-state index contributed by atoms with van der Waals surface area (Å²) in [6, 6.07) is 6.71. The Kier molecular flexibility index (Phi) is 5.55. The van der Waals surface area contributed by atoms with Crippen molar-refractivity contribution in [3.63, 3.8) is 0 Å². The van der Waals surface area contributed by atoms with Crippen LogP contribution in [0.3, 0.4) is 0 Å². The highest BCUT2D eigenvalue weighted by Crippen LogP contribution is 2.38. The molecule has 1 aromatic carbocycles. The van der Waals surface area contributed by atoms with Crippen LogP contribution < -0.4 is 10.6 Å². The van der Waals surface area contributed by atoms with Crippen molar-refractivity contribution >= 4 is 45.3 Å². The van der Waals surface area contributed by atoms with Gasteiger partial charge >= 0.3 is 5.97 Å². The number of carbonyl (C=O) groups is 1. The van der Waals surface area contributed by atoms with E-state index in [1.807, 2.05) is 0 Å². The smallest absolute Gasteiger partial charge is 0.341 e. The number of anilines is 2. The first-order valence-corrected chi connectivity index (χ1v) is 9.49. The van der Waals surface area contributed by atoms with E-state index < -0.39 is 0 Å². The Morgan fingerprint density at radius 2 is 2.12 bits per heavy atom. The number of thiophene rings is 1. The maximum absolute atomic E-state index is 12.4. The molecule has 2 aromatic rings. The van der Waals surface area contributed by atoms with Gasteiger partial charge in [0.1, 0.15) is 10.8 Å². The van der Waals surface area contributed by atoms with Crippen molar-refractivity contribution in [2.24, 2.45) is 0 Å². The number of ether oxygens (including phenoxy) is 1. The SMILES string of the molecule is CCOC(=O)c1c(NC(=S)Nc2cccc(O)c2)sc2c1CCCC2. The van der Waals surface area contributed by atoms with Crippen LogP contribution >= 0.6 is 23.6 Å². The van der Waals surface area contributed by atoms with Gasteiger partial charge in [0.2, 0.25) is 0 Å². The molecule has 1 aliphatic carbocycles. The molecule has 0 amide bonds. The number of benzene rings is 1. The minimum atomic E-state index is -0.301. The molecule has 1 aromatic heterocycles. The fourth-order valence-corrected chi connectivity index (χ4v) is 4.49. The molecule has 5 nitrogen and oxygen atoms in total. The van der Waals surface area contributed by atoms with E-state index in [4.69, 9.17) is 17.0 Å². The largest absolute Gasteiger partial charge is 0.508 e. The number of aryl methyl sites for hydroxylation is 1. The predicted octanol–water partition coefficient (Wildman–Crippen LogP) is 4.32. The van der Waals surface area contributed by atoms with E-state index in [1.165, 1.54) is 4.88 Å². The molecule has 0 atom stereocenters. The van der Waals surface area contributed by atoms with Crippen LogP contribution in [0.4, 0.5) is 10.7 Å². The normalized spacial score (nSPS) is 13.0. The van der Waals surface area contributed by atoms with Crippen molar-refractivity contribution in [2.75, 3.05) is 17.2 Å². The van der Waals surface area contributed by atoms with Crippen LogP contribution in [0.2, 0.25) is 0 Å². The lowest BCUT2D eigenvalue weighted by Crippen LogP contribution is -2.20. The summed E-state index contributed by atoms with van der Waals surface area (Å²) in [7, 11) is 0. The molecule has 132 valence electrons. The first kappa shape index (κ1) is 17.7. The number of nitrogens with one attached hydrogen (secondary N) is 2. The van der Waals surface area contributed by atoms with Gasteiger partial charge in [-0.1, -0.05) is 6.07 Å². The number of hydrogen-bond acceptors (Lipinski definition) is 5. The molecule has 7 heteroatoms. The Morgan fingerprint density at radius 1 is 1.32 bits per heavy atom. The molecular formula is C18H20N2O3S2. The third-order valence-corrected chi connectivity index (χ3v) is 5.39. The summed E-state index contributed by atoms with van der Waals surface area (Å²) >= 11 is 6.93. The van der Waals surface area contributed by atoms with Crippen LogP contribution in [0.15, 0.2) is 24.3 Å². The molecular weight excluding hydrogens is 356 g/mol. The van der Waals surface area contributed by atoms with E-state index in [0.29, 0.717) is 23.0 Å². The molecule has 1 heterocycles. The molecule has 0 spiro atoms. The molecule has 0 bridgehead atoms. The van der Waals surface area contributed by atoms with Gasteiger partial charge in [0.05, 0.1) is 12.2 Å². The zero-order valence-electron chi connectivity index (χ0n) is 13.9. The van der Waals surface area contributed by atoms with E-state index in [9.17, 15) is 9.90 Å². The summed E-state index contributed by atoms with van der Waals surface area (Å²) in [4.78, 5) is 13.7. The highest BCUT2D eigenvalue weighted by atomic mass is 32.1. The topological polar surface area (TPSA) is 70.6 Å². The number of thiocarbonyl (C=S) groups is 1. The van der Waals surface area contributed by atoms with E-state index in [2.05, 4.69) is 10.6 Å². The second-order valence-electron chi connectivity index (χ2n) is 5.76. The zero-order valence-corrected chi connectivity index (χ0v) is 15.6. The van der Waals surface area contributed by atoms with Crippen LogP contribution in [-0.4, -0.2) is 22.8 Å². The highest BCUT2D eigenvalue weighted by molar-refractivity contribution is 7.80. The Morgan fingerprint density at radius 3 is 2.88 bits per heavy atom. The van der Waals surface area contributed by atoms with E-state index in [1.54, 1.807) is 42.5 Å². The van der Waals surface area contributed by atoms with E-state index >= 15 is 0 Å². The number of esters is 1. The molecule has 3 rings (SSSR count). The Labute approximate surface area is 156 Å². The number of fused-ring (bicyclic) bond motifs is 1. The summed E-state index contributed by atoms with van der Waals surface area (Å²) in [5.74, 6) is -0.142. The second-order valence-corrected chi connectivity index (χ2v) is 7.28. The summed E-state index contributed by atoms with van der Waals surface area (Å²) in [6.45, 7) is 2.15. The molecule has 3 N–H and O–H groups in total.